The highest BCUT2D eigenvalue weighted by Gasteiger charge is 2.25. The molecule has 0 aliphatic carbocycles. The first-order valence-electron chi connectivity index (χ1n) is 6.70. The number of carbonyl (C=O) groups excluding carboxylic acids is 2. The molecule has 114 valence electrons. The summed E-state index contributed by atoms with van der Waals surface area (Å²) in [5.74, 6) is -0.794. The Morgan fingerprint density at radius 2 is 1.67 bits per heavy atom. The van der Waals surface area contributed by atoms with Gasteiger partial charge in [-0.15, -0.1) is 0 Å². The third-order valence-corrected chi connectivity index (χ3v) is 3.39. The minimum Gasteiger partial charge on any atom is -0.399 e. The Kier molecular flexibility index (Phi) is 4.30. The van der Waals surface area contributed by atoms with Crippen LogP contribution in [0.5, 0.6) is 0 Å². The maximum Gasteiger partial charge on any atom is 0.319 e. The maximum absolute atomic E-state index is 13.3. The second-order valence-electron chi connectivity index (χ2n) is 5.23. The summed E-state index contributed by atoms with van der Waals surface area (Å²) in [6.07, 6.45) is 0. The summed E-state index contributed by atoms with van der Waals surface area (Å²) in [6.45, 7) is 1.78. The third kappa shape index (κ3) is 3.42. The maximum atomic E-state index is 13.3. The van der Waals surface area contributed by atoms with Crippen LogP contribution >= 0.6 is 0 Å². The van der Waals surface area contributed by atoms with Gasteiger partial charge in [0, 0.05) is 51.5 Å². The Morgan fingerprint density at radius 3 is 2.19 bits per heavy atom. The van der Waals surface area contributed by atoms with E-state index in [1.165, 1.54) is 23.1 Å². The molecule has 1 fully saturated rings. The van der Waals surface area contributed by atoms with Gasteiger partial charge in [0.15, 0.2) is 0 Å². The van der Waals surface area contributed by atoms with Crippen LogP contribution in [0.3, 0.4) is 0 Å². The van der Waals surface area contributed by atoms with Crippen LogP contribution in [0.1, 0.15) is 10.4 Å². The van der Waals surface area contributed by atoms with Crippen LogP contribution in [-0.2, 0) is 0 Å². The van der Waals surface area contributed by atoms with E-state index in [0.717, 1.165) is 0 Å². The molecular formula is C14H19FN4O2. The molecule has 1 aliphatic heterocycles. The molecule has 1 aromatic rings. The van der Waals surface area contributed by atoms with E-state index in [9.17, 15) is 14.0 Å². The van der Waals surface area contributed by atoms with Gasteiger partial charge in [-0.25, -0.2) is 9.18 Å². The summed E-state index contributed by atoms with van der Waals surface area (Å²) in [4.78, 5) is 28.9. The lowest BCUT2D eigenvalue weighted by Crippen LogP contribution is -2.52. The van der Waals surface area contributed by atoms with Gasteiger partial charge in [0.05, 0.1) is 0 Å². The predicted octanol–water partition coefficient (Wildman–Crippen LogP) is 0.847. The number of nitrogens with two attached hydrogens (primary N) is 1. The SMILES string of the molecule is CN(C)C(=O)N1CCN(C(=O)c2cc(N)cc(F)c2)CC1. The Labute approximate surface area is 122 Å². The Morgan fingerprint density at radius 1 is 1.10 bits per heavy atom. The minimum atomic E-state index is -0.528. The Balaban J connectivity index is 2.02. The molecule has 0 bridgehead atoms. The molecule has 21 heavy (non-hydrogen) atoms. The van der Waals surface area contributed by atoms with E-state index in [1.54, 1.807) is 23.9 Å². The molecule has 0 saturated carbocycles. The standard InChI is InChI=1S/C14H19FN4O2/c1-17(2)14(21)19-5-3-18(4-6-19)13(20)10-7-11(15)9-12(16)8-10/h7-9H,3-6,16H2,1-2H3. The fourth-order valence-electron chi connectivity index (χ4n) is 2.30. The summed E-state index contributed by atoms with van der Waals surface area (Å²) in [5.41, 5.74) is 6.01. The van der Waals surface area contributed by atoms with Crippen molar-refractivity contribution in [3.05, 3.63) is 29.6 Å². The van der Waals surface area contributed by atoms with Crippen LogP contribution in [0.25, 0.3) is 0 Å². The zero-order chi connectivity index (χ0) is 15.6. The van der Waals surface area contributed by atoms with Gasteiger partial charge >= 0.3 is 6.03 Å². The largest absolute Gasteiger partial charge is 0.399 e. The quantitative estimate of drug-likeness (QED) is 0.781. The van der Waals surface area contributed by atoms with Gasteiger partial charge < -0.3 is 20.4 Å². The van der Waals surface area contributed by atoms with Crippen LogP contribution < -0.4 is 5.73 Å². The molecule has 7 heteroatoms. The number of carbonyl (C=O) groups is 2. The first-order chi connectivity index (χ1) is 9.88. The predicted molar refractivity (Wildman–Crippen MR) is 77.4 cm³/mol. The van der Waals surface area contributed by atoms with Crippen molar-refractivity contribution >= 4 is 17.6 Å². The van der Waals surface area contributed by atoms with Gasteiger partial charge in [-0.3, -0.25) is 4.79 Å². The highest BCUT2D eigenvalue weighted by molar-refractivity contribution is 5.95. The third-order valence-electron chi connectivity index (χ3n) is 3.39. The lowest BCUT2D eigenvalue weighted by atomic mass is 10.1. The number of rotatable bonds is 1. The number of urea groups is 1. The number of piperazine rings is 1. The molecule has 0 unspecified atom stereocenters. The molecule has 2 N–H and O–H groups in total. The van der Waals surface area contributed by atoms with E-state index in [1.807, 2.05) is 0 Å². The zero-order valence-corrected chi connectivity index (χ0v) is 12.2. The van der Waals surface area contributed by atoms with Gasteiger partial charge in [-0.1, -0.05) is 0 Å². The zero-order valence-electron chi connectivity index (χ0n) is 12.2. The summed E-state index contributed by atoms with van der Waals surface area (Å²) in [7, 11) is 3.38. The van der Waals surface area contributed by atoms with Crippen molar-refractivity contribution in [2.45, 2.75) is 0 Å². The van der Waals surface area contributed by atoms with Gasteiger partial charge in [-0.05, 0) is 18.2 Å². The molecular weight excluding hydrogens is 275 g/mol. The van der Waals surface area contributed by atoms with Gasteiger partial charge in [-0.2, -0.15) is 0 Å². The van der Waals surface area contributed by atoms with Crippen LogP contribution in [0.15, 0.2) is 18.2 Å². The number of hydrogen-bond donors (Lipinski definition) is 1. The molecule has 0 atom stereocenters. The lowest BCUT2D eigenvalue weighted by molar-refractivity contribution is 0.0650. The van der Waals surface area contributed by atoms with Gasteiger partial charge in [0.2, 0.25) is 0 Å². The molecule has 0 aromatic heterocycles. The van der Waals surface area contributed by atoms with Gasteiger partial charge in [0.1, 0.15) is 5.82 Å². The van der Waals surface area contributed by atoms with Gasteiger partial charge in [0.25, 0.3) is 5.91 Å². The second kappa shape index (κ2) is 5.99. The number of halogens is 1. The smallest absolute Gasteiger partial charge is 0.319 e. The van der Waals surface area contributed by atoms with Crippen LogP contribution in [0, 0.1) is 5.82 Å². The molecule has 2 rings (SSSR count). The number of amides is 3. The lowest BCUT2D eigenvalue weighted by Gasteiger charge is -2.36. The molecule has 1 aliphatic rings. The fourth-order valence-corrected chi connectivity index (χ4v) is 2.30. The summed E-state index contributed by atoms with van der Waals surface area (Å²) in [6, 6.07) is 3.74. The fraction of sp³-hybridized carbons (Fsp3) is 0.429. The van der Waals surface area contributed by atoms with Crippen molar-refractivity contribution in [3.63, 3.8) is 0 Å². The molecule has 1 aromatic carbocycles. The molecule has 6 nitrogen and oxygen atoms in total. The van der Waals surface area contributed by atoms with Crippen molar-refractivity contribution < 1.29 is 14.0 Å². The minimum absolute atomic E-state index is 0.0721. The van der Waals surface area contributed by atoms with Crippen molar-refractivity contribution in [3.8, 4) is 0 Å². The molecule has 3 amide bonds. The highest BCUT2D eigenvalue weighted by Crippen LogP contribution is 2.14. The van der Waals surface area contributed by atoms with Crippen LogP contribution in [0.2, 0.25) is 0 Å². The van der Waals surface area contributed by atoms with E-state index in [0.29, 0.717) is 26.2 Å². The van der Waals surface area contributed by atoms with E-state index in [4.69, 9.17) is 5.73 Å². The Bertz CT molecular complexity index is 534. The number of anilines is 1. The first kappa shape index (κ1) is 15.1. The number of nitrogens with zero attached hydrogens (tertiary/aromatic N) is 3. The second-order valence-corrected chi connectivity index (χ2v) is 5.23. The highest BCUT2D eigenvalue weighted by atomic mass is 19.1. The molecule has 0 radical (unpaired) electrons. The Hall–Kier alpha value is -2.31. The molecule has 1 heterocycles. The normalized spacial score (nSPS) is 15.0. The average Bonchev–Trinajstić information content (AvgIpc) is 2.44. The summed E-state index contributed by atoms with van der Waals surface area (Å²) < 4.78 is 13.3. The average molecular weight is 294 g/mol. The topological polar surface area (TPSA) is 69.9 Å². The summed E-state index contributed by atoms with van der Waals surface area (Å²) in [5, 5.41) is 0. The number of hydrogen-bond acceptors (Lipinski definition) is 3. The number of benzene rings is 1. The van der Waals surface area contributed by atoms with Crippen molar-refractivity contribution in [1.29, 1.82) is 0 Å². The van der Waals surface area contributed by atoms with Crippen LogP contribution in [-0.4, -0.2) is 66.9 Å². The van der Waals surface area contributed by atoms with E-state index in [-0.39, 0.29) is 23.2 Å². The molecule has 1 saturated heterocycles. The number of nitrogen functional groups attached to an aromatic ring is 1. The van der Waals surface area contributed by atoms with Crippen molar-refractivity contribution in [1.82, 2.24) is 14.7 Å². The van der Waals surface area contributed by atoms with Crippen molar-refractivity contribution in [2.75, 3.05) is 46.0 Å². The molecule has 0 spiro atoms. The van der Waals surface area contributed by atoms with E-state index in [2.05, 4.69) is 0 Å². The van der Waals surface area contributed by atoms with E-state index >= 15 is 0 Å². The first-order valence-corrected chi connectivity index (χ1v) is 6.70. The van der Waals surface area contributed by atoms with Crippen LogP contribution in [0.4, 0.5) is 14.9 Å². The van der Waals surface area contributed by atoms with E-state index < -0.39 is 5.82 Å². The summed E-state index contributed by atoms with van der Waals surface area (Å²) >= 11 is 0. The monoisotopic (exact) mass is 294 g/mol. The van der Waals surface area contributed by atoms with Crippen molar-refractivity contribution in [2.24, 2.45) is 0 Å².